The molecule has 6 heteroatoms. The summed E-state index contributed by atoms with van der Waals surface area (Å²) in [6.07, 6.45) is 0.597. The smallest absolute Gasteiger partial charge is 0.407 e. The van der Waals surface area contributed by atoms with E-state index < -0.39 is 5.60 Å². The molecule has 1 rings (SSSR count). The van der Waals surface area contributed by atoms with E-state index >= 15 is 0 Å². The highest BCUT2D eigenvalue weighted by molar-refractivity contribution is 7.10. The van der Waals surface area contributed by atoms with E-state index in [1.165, 1.54) is 0 Å². The summed E-state index contributed by atoms with van der Waals surface area (Å²) in [5, 5.41) is 8.30. The van der Waals surface area contributed by atoms with Crippen LogP contribution in [-0.2, 0) is 11.3 Å². The normalized spacial score (nSPS) is 13.2. The van der Waals surface area contributed by atoms with Crippen LogP contribution in [0, 0.1) is 5.92 Å². The summed E-state index contributed by atoms with van der Waals surface area (Å²) >= 11 is 1.64. The van der Waals surface area contributed by atoms with Gasteiger partial charge in [0.2, 0.25) is 0 Å². The van der Waals surface area contributed by atoms with Crippen LogP contribution in [-0.4, -0.2) is 24.3 Å². The molecule has 0 aliphatic heterocycles. The second-order valence-corrected chi connectivity index (χ2v) is 7.89. The molecule has 1 atom stereocenters. The average Bonchev–Trinajstić information content (AvgIpc) is 2.75. The SMILES string of the molecule is CC(C)CC(CNC(=O)OC(C)(C)C)NCc1sccc1N. The molecule has 1 aromatic rings. The first-order chi connectivity index (χ1) is 10.2. The van der Waals surface area contributed by atoms with Gasteiger partial charge in [-0.2, -0.15) is 0 Å². The van der Waals surface area contributed by atoms with Gasteiger partial charge in [-0.3, -0.25) is 0 Å². The standard InChI is InChI=1S/C16H29N3O2S/c1-11(2)8-12(9-19-15(20)21-16(3,4)5)18-10-14-13(17)6-7-22-14/h6-7,11-12,18H,8-10,17H2,1-5H3,(H,19,20). The molecule has 0 spiro atoms. The number of alkyl carbamates (subject to hydrolysis) is 1. The molecule has 1 aromatic heterocycles. The molecule has 5 nitrogen and oxygen atoms in total. The second kappa shape index (κ2) is 8.39. The molecule has 0 aromatic carbocycles. The van der Waals surface area contributed by atoms with Crippen molar-refractivity contribution in [3.05, 3.63) is 16.3 Å². The fraction of sp³-hybridized carbons (Fsp3) is 0.688. The molecule has 0 fully saturated rings. The Morgan fingerprint density at radius 3 is 2.59 bits per heavy atom. The van der Waals surface area contributed by atoms with Gasteiger partial charge < -0.3 is 21.1 Å². The van der Waals surface area contributed by atoms with Crippen LogP contribution in [0.2, 0.25) is 0 Å². The van der Waals surface area contributed by atoms with Gasteiger partial charge in [-0.05, 0) is 44.6 Å². The number of ether oxygens (including phenoxy) is 1. The number of thiophene rings is 1. The van der Waals surface area contributed by atoms with Crippen molar-refractivity contribution in [1.29, 1.82) is 0 Å². The number of amides is 1. The molecule has 1 heterocycles. The van der Waals surface area contributed by atoms with Gasteiger partial charge in [0.1, 0.15) is 5.60 Å². The second-order valence-electron chi connectivity index (χ2n) is 6.89. The van der Waals surface area contributed by atoms with E-state index in [4.69, 9.17) is 10.5 Å². The number of nitrogens with two attached hydrogens (primary N) is 1. The Kier molecular flexibility index (Phi) is 7.16. The van der Waals surface area contributed by atoms with E-state index in [-0.39, 0.29) is 12.1 Å². The Morgan fingerprint density at radius 2 is 2.09 bits per heavy atom. The number of nitrogen functional groups attached to an aromatic ring is 1. The number of carbonyl (C=O) groups excluding carboxylic acids is 1. The van der Waals surface area contributed by atoms with E-state index in [2.05, 4.69) is 24.5 Å². The number of rotatable bonds is 7. The third kappa shape index (κ3) is 7.66. The van der Waals surface area contributed by atoms with Crippen LogP contribution in [0.15, 0.2) is 11.4 Å². The summed E-state index contributed by atoms with van der Waals surface area (Å²) in [6.45, 7) is 11.2. The molecule has 1 amide bonds. The zero-order valence-corrected chi connectivity index (χ0v) is 15.0. The zero-order chi connectivity index (χ0) is 16.8. The van der Waals surface area contributed by atoms with Gasteiger partial charge in [0.25, 0.3) is 0 Å². The summed E-state index contributed by atoms with van der Waals surface area (Å²) in [5.74, 6) is 0.540. The minimum absolute atomic E-state index is 0.189. The van der Waals surface area contributed by atoms with Crippen molar-refractivity contribution < 1.29 is 9.53 Å². The van der Waals surface area contributed by atoms with Gasteiger partial charge in [-0.15, -0.1) is 11.3 Å². The summed E-state index contributed by atoms with van der Waals surface area (Å²) in [6, 6.07) is 2.10. The third-order valence-corrected chi connectivity index (χ3v) is 3.92. The first-order valence-corrected chi connectivity index (χ1v) is 8.57. The maximum atomic E-state index is 11.8. The fourth-order valence-corrected chi connectivity index (χ4v) is 2.81. The first-order valence-electron chi connectivity index (χ1n) is 7.69. The molecular formula is C16H29N3O2S. The molecule has 0 saturated carbocycles. The van der Waals surface area contributed by atoms with Crippen LogP contribution >= 0.6 is 11.3 Å². The minimum Gasteiger partial charge on any atom is -0.444 e. The van der Waals surface area contributed by atoms with Crippen molar-refractivity contribution in [2.75, 3.05) is 12.3 Å². The van der Waals surface area contributed by atoms with Crippen molar-refractivity contribution in [3.63, 3.8) is 0 Å². The summed E-state index contributed by atoms with van der Waals surface area (Å²) < 4.78 is 5.27. The molecule has 4 N–H and O–H groups in total. The van der Waals surface area contributed by atoms with E-state index in [1.807, 2.05) is 32.2 Å². The van der Waals surface area contributed by atoms with Gasteiger partial charge in [-0.25, -0.2) is 4.79 Å². The van der Waals surface area contributed by atoms with Crippen molar-refractivity contribution in [2.24, 2.45) is 5.92 Å². The van der Waals surface area contributed by atoms with Crippen LogP contribution in [0.4, 0.5) is 10.5 Å². The monoisotopic (exact) mass is 327 g/mol. The largest absolute Gasteiger partial charge is 0.444 e. The highest BCUT2D eigenvalue weighted by atomic mass is 32.1. The summed E-state index contributed by atoms with van der Waals surface area (Å²) in [4.78, 5) is 12.9. The lowest BCUT2D eigenvalue weighted by molar-refractivity contribution is 0.0521. The van der Waals surface area contributed by atoms with Crippen LogP contribution < -0.4 is 16.4 Å². The van der Waals surface area contributed by atoms with E-state index in [0.29, 0.717) is 12.5 Å². The molecule has 0 saturated heterocycles. The number of hydrogen-bond donors (Lipinski definition) is 3. The molecule has 0 radical (unpaired) electrons. The van der Waals surface area contributed by atoms with Crippen LogP contribution in [0.25, 0.3) is 0 Å². The maximum absolute atomic E-state index is 11.8. The third-order valence-electron chi connectivity index (χ3n) is 2.98. The highest BCUT2D eigenvalue weighted by Crippen LogP contribution is 2.18. The molecule has 1 unspecified atom stereocenters. The topological polar surface area (TPSA) is 76.4 Å². The molecule has 0 bridgehead atoms. The highest BCUT2D eigenvalue weighted by Gasteiger charge is 2.18. The van der Waals surface area contributed by atoms with Crippen LogP contribution in [0.1, 0.15) is 45.9 Å². The Bertz CT molecular complexity index is 466. The lowest BCUT2D eigenvalue weighted by Gasteiger charge is -2.23. The molecular weight excluding hydrogens is 298 g/mol. The Hall–Kier alpha value is -1.27. The average molecular weight is 327 g/mol. The zero-order valence-electron chi connectivity index (χ0n) is 14.2. The first kappa shape index (κ1) is 18.8. The van der Waals surface area contributed by atoms with E-state index in [0.717, 1.165) is 23.5 Å². The summed E-state index contributed by atoms with van der Waals surface area (Å²) in [5.41, 5.74) is 6.24. The minimum atomic E-state index is -0.476. The Morgan fingerprint density at radius 1 is 1.41 bits per heavy atom. The van der Waals surface area contributed by atoms with Gasteiger partial charge in [0.15, 0.2) is 0 Å². The van der Waals surface area contributed by atoms with Crippen molar-refractivity contribution in [2.45, 2.75) is 59.2 Å². The van der Waals surface area contributed by atoms with Crippen LogP contribution in [0.3, 0.4) is 0 Å². The molecule has 126 valence electrons. The van der Waals surface area contributed by atoms with E-state index in [1.54, 1.807) is 11.3 Å². The van der Waals surface area contributed by atoms with Crippen molar-refractivity contribution in [3.8, 4) is 0 Å². The van der Waals surface area contributed by atoms with E-state index in [9.17, 15) is 4.79 Å². The molecule has 0 aliphatic carbocycles. The maximum Gasteiger partial charge on any atom is 0.407 e. The van der Waals surface area contributed by atoms with Gasteiger partial charge in [-0.1, -0.05) is 13.8 Å². The molecule has 22 heavy (non-hydrogen) atoms. The van der Waals surface area contributed by atoms with Crippen molar-refractivity contribution >= 4 is 23.1 Å². The predicted molar refractivity (Wildman–Crippen MR) is 93.1 cm³/mol. The summed E-state index contributed by atoms with van der Waals surface area (Å²) in [7, 11) is 0. The fourth-order valence-electron chi connectivity index (χ4n) is 2.06. The molecule has 0 aliphatic rings. The number of nitrogens with one attached hydrogen (secondary N) is 2. The Balaban J connectivity index is 2.47. The number of carbonyl (C=O) groups is 1. The van der Waals surface area contributed by atoms with Gasteiger partial charge >= 0.3 is 6.09 Å². The van der Waals surface area contributed by atoms with Crippen molar-refractivity contribution in [1.82, 2.24) is 10.6 Å². The predicted octanol–water partition coefficient (Wildman–Crippen LogP) is 3.36. The quantitative estimate of drug-likeness (QED) is 0.718. The number of hydrogen-bond acceptors (Lipinski definition) is 5. The Labute approximate surface area is 137 Å². The lowest BCUT2D eigenvalue weighted by atomic mass is 10.0. The van der Waals surface area contributed by atoms with Gasteiger partial charge in [0, 0.05) is 29.7 Å². The number of anilines is 1. The lowest BCUT2D eigenvalue weighted by Crippen LogP contribution is -2.43. The van der Waals surface area contributed by atoms with Crippen LogP contribution in [0.5, 0.6) is 0 Å². The van der Waals surface area contributed by atoms with Gasteiger partial charge in [0.05, 0.1) is 0 Å².